The minimum atomic E-state index is 1.06. The number of likely N-dealkylation sites (N-methyl/N-ethyl adjacent to an activating group) is 1. The third-order valence-corrected chi connectivity index (χ3v) is 2.22. The first kappa shape index (κ1) is 11.4. The van der Waals surface area contributed by atoms with E-state index < -0.39 is 0 Å². The number of nitrogens with zero attached hydrogens (tertiary/aromatic N) is 1. The first-order valence-electron chi connectivity index (χ1n) is 4.65. The lowest BCUT2D eigenvalue weighted by Crippen LogP contribution is -2.40. The Morgan fingerprint density at radius 2 is 1.83 bits per heavy atom. The van der Waals surface area contributed by atoms with Crippen LogP contribution in [0.25, 0.3) is 0 Å². The highest BCUT2D eigenvalue weighted by atomic mass is 15.3. The van der Waals surface area contributed by atoms with Gasteiger partial charge in [-0.3, -0.25) is 0 Å². The summed E-state index contributed by atoms with van der Waals surface area (Å²) in [7, 11) is 4.51. The van der Waals surface area contributed by atoms with Gasteiger partial charge in [-0.05, 0) is 20.8 Å². The van der Waals surface area contributed by atoms with Crippen molar-refractivity contribution in [3.8, 4) is 0 Å². The maximum Gasteiger partial charge on any atom is 0.104 e. The summed E-state index contributed by atoms with van der Waals surface area (Å²) in [5.41, 5.74) is 1.42. The van der Waals surface area contributed by atoms with Crippen molar-refractivity contribution in [1.82, 2.24) is 0 Å². The summed E-state index contributed by atoms with van der Waals surface area (Å²) in [5.74, 6) is 0. The zero-order chi connectivity index (χ0) is 9.61. The molecule has 0 aromatic heterocycles. The van der Waals surface area contributed by atoms with Crippen molar-refractivity contribution in [2.45, 2.75) is 20.8 Å². The highest BCUT2D eigenvalue weighted by molar-refractivity contribution is 5.17. The van der Waals surface area contributed by atoms with E-state index in [0.717, 1.165) is 11.0 Å². The molecule has 0 aromatic rings. The van der Waals surface area contributed by atoms with E-state index in [1.807, 2.05) is 0 Å². The molecule has 0 atom stereocenters. The summed E-state index contributed by atoms with van der Waals surface area (Å²) < 4.78 is 1.06. The third kappa shape index (κ3) is 4.35. The van der Waals surface area contributed by atoms with E-state index >= 15 is 0 Å². The zero-order valence-electron chi connectivity index (χ0n) is 9.09. The molecular formula is C11H22N+. The maximum absolute atomic E-state index is 2.26. The molecule has 12 heavy (non-hydrogen) atoms. The van der Waals surface area contributed by atoms with Crippen molar-refractivity contribution in [3.63, 3.8) is 0 Å². The Morgan fingerprint density at radius 1 is 1.25 bits per heavy atom. The van der Waals surface area contributed by atoms with Crippen molar-refractivity contribution in [3.05, 3.63) is 23.8 Å². The molecule has 0 saturated heterocycles. The van der Waals surface area contributed by atoms with Gasteiger partial charge in [0.1, 0.15) is 6.54 Å². The molecule has 0 heterocycles. The lowest BCUT2D eigenvalue weighted by Gasteiger charge is -2.28. The zero-order valence-corrected chi connectivity index (χ0v) is 9.09. The summed E-state index contributed by atoms with van der Waals surface area (Å²) in [6.07, 6.45) is 6.48. The Labute approximate surface area is 77.0 Å². The summed E-state index contributed by atoms with van der Waals surface area (Å²) in [4.78, 5) is 0. The maximum atomic E-state index is 2.26. The van der Waals surface area contributed by atoms with Crippen LogP contribution in [0, 0.1) is 0 Å². The minimum absolute atomic E-state index is 1.06. The molecule has 0 unspecified atom stereocenters. The molecule has 0 aliphatic carbocycles. The van der Waals surface area contributed by atoms with Crippen LogP contribution in [0.2, 0.25) is 0 Å². The number of hydrogen-bond donors (Lipinski definition) is 0. The van der Waals surface area contributed by atoms with Crippen LogP contribution in [0.3, 0.4) is 0 Å². The fourth-order valence-electron chi connectivity index (χ4n) is 1.06. The van der Waals surface area contributed by atoms with Gasteiger partial charge in [0.25, 0.3) is 0 Å². The van der Waals surface area contributed by atoms with Crippen LogP contribution in [0.15, 0.2) is 23.8 Å². The molecule has 0 fully saturated rings. The van der Waals surface area contributed by atoms with E-state index in [1.54, 1.807) is 0 Å². The quantitative estimate of drug-likeness (QED) is 0.447. The van der Waals surface area contributed by atoms with Crippen LogP contribution < -0.4 is 0 Å². The molecule has 0 N–H and O–H groups in total. The van der Waals surface area contributed by atoms with Crippen LogP contribution >= 0.6 is 0 Å². The highest BCUT2D eigenvalue weighted by Gasteiger charge is 2.11. The second-order valence-corrected chi connectivity index (χ2v) is 3.77. The topological polar surface area (TPSA) is 0 Å². The van der Waals surface area contributed by atoms with Crippen LogP contribution in [0.5, 0.6) is 0 Å². The van der Waals surface area contributed by atoms with Gasteiger partial charge >= 0.3 is 0 Å². The second-order valence-electron chi connectivity index (χ2n) is 3.77. The Hall–Kier alpha value is -0.560. The monoisotopic (exact) mass is 168 g/mol. The van der Waals surface area contributed by atoms with Gasteiger partial charge in [0.05, 0.1) is 20.6 Å². The average Bonchev–Trinajstić information content (AvgIpc) is 2.03. The molecule has 0 aliphatic heterocycles. The molecule has 0 bridgehead atoms. The number of quaternary nitrogens is 1. The summed E-state index contributed by atoms with van der Waals surface area (Å²) in [6.45, 7) is 8.69. The molecule has 70 valence electrons. The van der Waals surface area contributed by atoms with Gasteiger partial charge < -0.3 is 4.48 Å². The molecule has 0 amide bonds. The standard InChI is InChI=1S/C11H22N/c1-6-9-11(7-2)10-12(4,5)8-3/h6-7,9H,8,10H2,1-5H3/q+1/b9-6-,11-7+. The SMILES string of the molecule is C/C=C\C(=C/C)C[N+](C)(C)CC. The molecule has 0 radical (unpaired) electrons. The predicted molar refractivity (Wildman–Crippen MR) is 56.1 cm³/mol. The molecule has 0 spiro atoms. The average molecular weight is 168 g/mol. The van der Waals surface area contributed by atoms with Gasteiger partial charge in [-0.15, -0.1) is 0 Å². The van der Waals surface area contributed by atoms with E-state index in [0.29, 0.717) is 0 Å². The molecule has 1 nitrogen and oxygen atoms in total. The van der Waals surface area contributed by atoms with Gasteiger partial charge in [-0.1, -0.05) is 18.2 Å². The largest absolute Gasteiger partial charge is 0.325 e. The normalized spacial score (nSPS) is 14.2. The van der Waals surface area contributed by atoms with E-state index in [9.17, 15) is 0 Å². The fourth-order valence-corrected chi connectivity index (χ4v) is 1.06. The second kappa shape index (κ2) is 5.15. The van der Waals surface area contributed by atoms with Gasteiger partial charge in [-0.25, -0.2) is 0 Å². The summed E-state index contributed by atoms with van der Waals surface area (Å²) in [5, 5.41) is 0. The number of rotatable bonds is 4. The predicted octanol–water partition coefficient (Wildman–Crippen LogP) is 2.61. The molecular weight excluding hydrogens is 146 g/mol. The van der Waals surface area contributed by atoms with Crippen molar-refractivity contribution < 1.29 is 4.48 Å². The van der Waals surface area contributed by atoms with Crippen molar-refractivity contribution >= 4 is 0 Å². The molecule has 0 rings (SSSR count). The van der Waals surface area contributed by atoms with Crippen LogP contribution in [-0.4, -0.2) is 31.7 Å². The molecule has 0 aliphatic rings. The van der Waals surface area contributed by atoms with Gasteiger partial charge in [0, 0.05) is 5.57 Å². The lowest BCUT2D eigenvalue weighted by atomic mass is 10.2. The van der Waals surface area contributed by atoms with Crippen LogP contribution in [0.1, 0.15) is 20.8 Å². The van der Waals surface area contributed by atoms with E-state index in [2.05, 4.69) is 53.1 Å². The Morgan fingerprint density at radius 3 is 2.17 bits per heavy atom. The molecule has 0 aromatic carbocycles. The Bertz CT molecular complexity index is 175. The molecule has 1 heteroatoms. The van der Waals surface area contributed by atoms with E-state index in [1.165, 1.54) is 12.1 Å². The smallest absolute Gasteiger partial charge is 0.104 e. The van der Waals surface area contributed by atoms with Crippen LogP contribution in [-0.2, 0) is 0 Å². The fraction of sp³-hybridized carbons (Fsp3) is 0.636. The minimum Gasteiger partial charge on any atom is -0.325 e. The summed E-state index contributed by atoms with van der Waals surface area (Å²) in [6, 6.07) is 0. The first-order chi connectivity index (χ1) is 5.55. The van der Waals surface area contributed by atoms with Gasteiger partial charge in [0.15, 0.2) is 0 Å². The number of hydrogen-bond acceptors (Lipinski definition) is 0. The third-order valence-electron chi connectivity index (χ3n) is 2.22. The lowest BCUT2D eigenvalue weighted by molar-refractivity contribution is -0.883. The Balaban J connectivity index is 4.22. The van der Waals surface area contributed by atoms with E-state index in [-0.39, 0.29) is 0 Å². The Kier molecular flexibility index (Phi) is 4.91. The van der Waals surface area contributed by atoms with Crippen molar-refractivity contribution in [2.24, 2.45) is 0 Å². The van der Waals surface area contributed by atoms with Gasteiger partial charge in [0.2, 0.25) is 0 Å². The van der Waals surface area contributed by atoms with Crippen molar-refractivity contribution in [1.29, 1.82) is 0 Å². The summed E-state index contributed by atoms with van der Waals surface area (Å²) >= 11 is 0. The number of allylic oxidation sites excluding steroid dienone is 2. The highest BCUT2D eigenvalue weighted by Crippen LogP contribution is 2.05. The van der Waals surface area contributed by atoms with Crippen molar-refractivity contribution in [2.75, 3.05) is 27.2 Å². The molecule has 0 saturated carbocycles. The van der Waals surface area contributed by atoms with Crippen LogP contribution in [0.4, 0.5) is 0 Å². The van der Waals surface area contributed by atoms with E-state index in [4.69, 9.17) is 0 Å². The van der Waals surface area contributed by atoms with Gasteiger partial charge in [-0.2, -0.15) is 0 Å². The first-order valence-corrected chi connectivity index (χ1v) is 4.65.